The lowest BCUT2D eigenvalue weighted by Crippen LogP contribution is -2.09. The van der Waals surface area contributed by atoms with E-state index < -0.39 is 17.7 Å². The largest absolute Gasteiger partial charge is 0.481 e. The van der Waals surface area contributed by atoms with E-state index in [2.05, 4.69) is 4.99 Å². The van der Waals surface area contributed by atoms with Gasteiger partial charge in [0.1, 0.15) is 0 Å². The summed E-state index contributed by atoms with van der Waals surface area (Å²) in [7, 11) is 0. The van der Waals surface area contributed by atoms with Crippen LogP contribution in [0.5, 0.6) is 0 Å². The Balaban J connectivity index is 3.89. The first kappa shape index (κ1) is 13.6. The van der Waals surface area contributed by atoms with Crippen LogP contribution < -0.4 is 5.73 Å². The van der Waals surface area contributed by atoms with E-state index >= 15 is 0 Å². The third kappa shape index (κ3) is 7.66. The number of carboxylic acids is 1. The zero-order valence-electron chi connectivity index (χ0n) is 9.03. The molecule has 0 aliphatic carbocycles. The van der Waals surface area contributed by atoms with Crippen molar-refractivity contribution in [2.24, 2.45) is 16.6 Å². The van der Waals surface area contributed by atoms with Gasteiger partial charge in [-0.05, 0) is 13.3 Å². The Morgan fingerprint density at radius 2 is 2.27 bits per heavy atom. The maximum atomic E-state index is 13.1. The normalized spacial score (nSPS) is 15.1. The zero-order valence-corrected chi connectivity index (χ0v) is 9.03. The molecule has 15 heavy (non-hydrogen) atoms. The van der Waals surface area contributed by atoms with Crippen LogP contribution in [0.25, 0.3) is 0 Å². The van der Waals surface area contributed by atoms with Gasteiger partial charge in [0, 0.05) is 13.0 Å². The third-order valence-corrected chi connectivity index (χ3v) is 1.78. The topological polar surface area (TPSA) is 75.7 Å². The Morgan fingerprint density at radius 3 is 2.73 bits per heavy atom. The third-order valence-electron chi connectivity index (χ3n) is 1.78. The Bertz CT molecular complexity index is 271. The number of hydrogen-bond donors (Lipinski definition) is 2. The minimum atomic E-state index is -0.991. The molecule has 0 rings (SSSR count). The molecule has 0 aliphatic rings. The molecule has 0 spiro atoms. The Labute approximate surface area is 88.7 Å². The molecule has 0 bridgehead atoms. The van der Waals surface area contributed by atoms with Crippen molar-refractivity contribution in [1.29, 1.82) is 0 Å². The lowest BCUT2D eigenvalue weighted by atomic mass is 10.1. The van der Waals surface area contributed by atoms with Gasteiger partial charge in [-0.2, -0.15) is 0 Å². The first-order valence-corrected chi connectivity index (χ1v) is 4.77. The molecule has 0 fully saturated rings. The summed E-state index contributed by atoms with van der Waals surface area (Å²) >= 11 is 0. The number of carboxylic acid groups (broad SMARTS) is 1. The van der Waals surface area contributed by atoms with Crippen LogP contribution in [0.3, 0.4) is 0 Å². The summed E-state index contributed by atoms with van der Waals surface area (Å²) in [6.45, 7) is 3.56. The first-order chi connectivity index (χ1) is 6.93. The first-order valence-electron chi connectivity index (χ1n) is 4.77. The number of halogens is 1. The number of aliphatic carboxylic acids is 1. The zero-order chi connectivity index (χ0) is 11.8. The monoisotopic (exact) mass is 216 g/mol. The summed E-state index contributed by atoms with van der Waals surface area (Å²) in [4.78, 5) is 14.3. The molecule has 0 aromatic heterocycles. The van der Waals surface area contributed by atoms with Crippen molar-refractivity contribution in [3.8, 4) is 0 Å². The van der Waals surface area contributed by atoms with E-state index in [4.69, 9.17) is 10.8 Å². The minimum Gasteiger partial charge on any atom is -0.481 e. The van der Waals surface area contributed by atoms with E-state index in [1.807, 2.05) is 0 Å². The lowest BCUT2D eigenvalue weighted by molar-refractivity contribution is -0.141. The summed E-state index contributed by atoms with van der Waals surface area (Å²) in [5, 5.41) is 8.54. The van der Waals surface area contributed by atoms with E-state index in [1.54, 1.807) is 6.92 Å². The quantitative estimate of drug-likeness (QED) is 0.403. The van der Waals surface area contributed by atoms with Crippen molar-refractivity contribution in [2.75, 3.05) is 6.54 Å². The van der Waals surface area contributed by atoms with Crippen molar-refractivity contribution in [3.05, 3.63) is 11.9 Å². The van der Waals surface area contributed by atoms with Gasteiger partial charge in [-0.25, -0.2) is 4.39 Å². The van der Waals surface area contributed by atoms with Crippen LogP contribution >= 0.6 is 0 Å². The van der Waals surface area contributed by atoms with Gasteiger partial charge in [0.2, 0.25) is 0 Å². The highest BCUT2D eigenvalue weighted by atomic mass is 19.1. The van der Waals surface area contributed by atoms with Gasteiger partial charge < -0.3 is 10.8 Å². The number of nitrogens with zero attached hydrogens (tertiary/aromatic N) is 1. The van der Waals surface area contributed by atoms with Gasteiger partial charge >= 0.3 is 5.97 Å². The van der Waals surface area contributed by atoms with Gasteiger partial charge in [-0.15, -0.1) is 0 Å². The van der Waals surface area contributed by atoms with E-state index in [0.29, 0.717) is 18.8 Å². The van der Waals surface area contributed by atoms with E-state index in [1.165, 1.54) is 13.0 Å². The molecule has 0 aliphatic heterocycles. The fraction of sp³-hybridized carbons (Fsp3) is 0.600. The van der Waals surface area contributed by atoms with Gasteiger partial charge in [-0.3, -0.25) is 9.79 Å². The second-order valence-electron chi connectivity index (χ2n) is 3.41. The average Bonchev–Trinajstić information content (AvgIpc) is 2.12. The van der Waals surface area contributed by atoms with Crippen molar-refractivity contribution in [1.82, 2.24) is 0 Å². The Hall–Kier alpha value is -1.39. The van der Waals surface area contributed by atoms with Crippen LogP contribution in [0, 0.1) is 5.92 Å². The maximum Gasteiger partial charge on any atom is 0.306 e. The molecule has 5 heteroatoms. The summed E-state index contributed by atoms with van der Waals surface area (Å²) < 4.78 is 13.1. The highest BCUT2D eigenvalue weighted by Gasteiger charge is 2.12. The molecule has 1 atom stereocenters. The van der Waals surface area contributed by atoms with E-state index in [-0.39, 0.29) is 6.42 Å². The van der Waals surface area contributed by atoms with Crippen LogP contribution in [0.2, 0.25) is 0 Å². The van der Waals surface area contributed by atoms with Crippen LogP contribution in [0.1, 0.15) is 26.7 Å². The Morgan fingerprint density at radius 1 is 1.67 bits per heavy atom. The Kier molecular flexibility index (Phi) is 6.33. The SMILES string of the molecule is CC(N)=NCC/C=C(\F)C[C@H](C)C(=O)O. The second kappa shape index (κ2) is 6.98. The molecule has 0 heterocycles. The molecule has 0 saturated carbocycles. The molecule has 0 radical (unpaired) electrons. The van der Waals surface area contributed by atoms with Crippen molar-refractivity contribution in [2.45, 2.75) is 26.7 Å². The highest BCUT2D eigenvalue weighted by molar-refractivity contribution is 5.77. The molecular weight excluding hydrogens is 199 g/mol. The summed E-state index contributed by atoms with van der Waals surface area (Å²) in [5.41, 5.74) is 5.29. The van der Waals surface area contributed by atoms with Gasteiger partial charge in [0.05, 0.1) is 17.6 Å². The molecule has 0 unspecified atom stereocenters. The van der Waals surface area contributed by atoms with Gasteiger partial charge in [0.15, 0.2) is 0 Å². The van der Waals surface area contributed by atoms with Gasteiger partial charge in [0.25, 0.3) is 0 Å². The lowest BCUT2D eigenvalue weighted by Gasteiger charge is -2.02. The number of nitrogens with two attached hydrogens (primary N) is 1. The number of amidine groups is 1. The van der Waals surface area contributed by atoms with Crippen molar-refractivity contribution in [3.63, 3.8) is 0 Å². The van der Waals surface area contributed by atoms with Crippen LogP contribution in [0.15, 0.2) is 16.9 Å². The van der Waals surface area contributed by atoms with Crippen LogP contribution in [-0.2, 0) is 4.79 Å². The molecule has 0 aromatic rings. The summed E-state index contributed by atoms with van der Waals surface area (Å²) in [6, 6.07) is 0. The number of hydrogen-bond acceptors (Lipinski definition) is 2. The summed E-state index contributed by atoms with van der Waals surface area (Å²) in [6.07, 6.45) is 1.72. The van der Waals surface area contributed by atoms with E-state index in [0.717, 1.165) is 0 Å². The fourth-order valence-electron chi connectivity index (χ4n) is 0.925. The number of allylic oxidation sites excluding steroid dienone is 1. The second-order valence-corrected chi connectivity index (χ2v) is 3.41. The molecule has 4 nitrogen and oxygen atoms in total. The standard InChI is InChI=1S/C10H17FN2O2/c1-7(10(14)15)6-9(11)4-3-5-13-8(2)12/h4,7H,3,5-6H2,1-2H3,(H2,12,13)(H,14,15)/b9-4-/t7-/m0/s1. The smallest absolute Gasteiger partial charge is 0.306 e. The highest BCUT2D eigenvalue weighted by Crippen LogP contribution is 2.13. The predicted octanol–water partition coefficient (Wildman–Crippen LogP) is 1.72. The summed E-state index contributed by atoms with van der Waals surface area (Å²) in [5.74, 6) is -1.63. The maximum absolute atomic E-state index is 13.1. The molecule has 0 amide bonds. The number of aliphatic imine (C=N–C) groups is 1. The molecular formula is C10H17FN2O2. The van der Waals surface area contributed by atoms with Crippen molar-refractivity contribution >= 4 is 11.8 Å². The fourth-order valence-corrected chi connectivity index (χ4v) is 0.925. The average molecular weight is 216 g/mol. The molecule has 86 valence electrons. The van der Waals surface area contributed by atoms with E-state index in [9.17, 15) is 9.18 Å². The predicted molar refractivity (Wildman–Crippen MR) is 57.4 cm³/mol. The van der Waals surface area contributed by atoms with Crippen LogP contribution in [-0.4, -0.2) is 23.5 Å². The van der Waals surface area contributed by atoms with Gasteiger partial charge in [-0.1, -0.05) is 13.0 Å². The molecule has 0 saturated heterocycles. The number of carbonyl (C=O) groups is 1. The molecule has 0 aromatic carbocycles. The molecule has 3 N–H and O–H groups in total. The minimum absolute atomic E-state index is 0.0688. The van der Waals surface area contributed by atoms with Crippen LogP contribution in [0.4, 0.5) is 4.39 Å². The van der Waals surface area contributed by atoms with Crippen molar-refractivity contribution < 1.29 is 14.3 Å². The number of rotatable bonds is 6.